The molecule has 1 N–H and O–H groups in total. The van der Waals surface area contributed by atoms with Crippen LogP contribution in [0, 0.1) is 0 Å². The normalized spacial score (nSPS) is 11.3. The van der Waals surface area contributed by atoms with Crippen LogP contribution in [0.2, 0.25) is 0 Å². The fourth-order valence-corrected chi connectivity index (χ4v) is 5.11. The number of anilines is 3. The molecule has 0 unspecified atom stereocenters. The van der Waals surface area contributed by atoms with Crippen LogP contribution in [0.1, 0.15) is 43.6 Å². The van der Waals surface area contributed by atoms with Crippen LogP contribution in [0.15, 0.2) is 90.0 Å². The van der Waals surface area contributed by atoms with Crippen LogP contribution < -0.4 is 15.8 Å². The van der Waals surface area contributed by atoms with Crippen molar-refractivity contribution in [1.29, 1.82) is 0 Å². The van der Waals surface area contributed by atoms with E-state index in [9.17, 15) is 9.59 Å². The maximum atomic E-state index is 12.9. The lowest BCUT2D eigenvalue weighted by molar-refractivity contribution is 0.112. The van der Waals surface area contributed by atoms with E-state index < -0.39 is 0 Å². The third-order valence-corrected chi connectivity index (χ3v) is 7.86. The Morgan fingerprint density at radius 1 is 0.911 bits per heavy atom. The highest BCUT2D eigenvalue weighted by Gasteiger charge is 2.14. The fraction of sp³-hybridized carbons (Fsp3) is 0.324. The molecule has 0 atom stereocenters. The summed E-state index contributed by atoms with van der Waals surface area (Å²) in [5.74, 6) is 0.316. The molecule has 5 aromatic rings. The SMILES string of the molecule is CC(C)(C)c1ccc(C=O)cc1.CCN(CCN(C)C)c1cccc(Nc2nc(-c3cccc4c3ccn4C)cn(C)c2=O)c1. The smallest absolute Gasteiger partial charge is 0.293 e. The van der Waals surface area contributed by atoms with E-state index >= 15 is 0 Å². The van der Waals surface area contributed by atoms with Gasteiger partial charge in [0, 0.05) is 79.5 Å². The number of aldehydes is 1. The predicted octanol–water partition coefficient (Wildman–Crippen LogP) is 6.87. The van der Waals surface area contributed by atoms with Gasteiger partial charge in [-0.25, -0.2) is 4.98 Å². The highest BCUT2D eigenvalue weighted by Crippen LogP contribution is 2.29. The molecular weight excluding hydrogens is 560 g/mol. The molecule has 0 bridgehead atoms. The van der Waals surface area contributed by atoms with Gasteiger partial charge in [-0.15, -0.1) is 0 Å². The number of carbonyl (C=O) groups is 1. The Kier molecular flexibility index (Phi) is 10.6. The molecule has 0 aliphatic heterocycles. The van der Waals surface area contributed by atoms with Crippen molar-refractivity contribution < 1.29 is 4.79 Å². The topological polar surface area (TPSA) is 75.4 Å². The summed E-state index contributed by atoms with van der Waals surface area (Å²) < 4.78 is 3.67. The number of fused-ring (bicyclic) bond motifs is 1. The van der Waals surface area contributed by atoms with Gasteiger partial charge in [0.15, 0.2) is 5.82 Å². The first-order chi connectivity index (χ1) is 21.4. The second-order valence-electron chi connectivity index (χ2n) is 12.6. The lowest BCUT2D eigenvalue weighted by Crippen LogP contribution is -2.31. The molecule has 0 saturated carbocycles. The quantitative estimate of drug-likeness (QED) is 0.185. The van der Waals surface area contributed by atoms with Crippen molar-refractivity contribution in [3.05, 3.63) is 107 Å². The van der Waals surface area contributed by atoms with Crippen LogP contribution >= 0.6 is 0 Å². The number of aryl methyl sites for hydroxylation is 2. The Morgan fingerprint density at radius 3 is 2.27 bits per heavy atom. The van der Waals surface area contributed by atoms with Crippen molar-refractivity contribution in [2.75, 3.05) is 43.9 Å². The van der Waals surface area contributed by atoms with E-state index in [1.54, 1.807) is 17.8 Å². The summed E-state index contributed by atoms with van der Waals surface area (Å²) in [6, 6.07) is 24.1. The highest BCUT2D eigenvalue weighted by molar-refractivity contribution is 5.94. The number of nitrogens with zero attached hydrogens (tertiary/aromatic N) is 5. The third-order valence-electron chi connectivity index (χ3n) is 7.86. The van der Waals surface area contributed by atoms with Crippen LogP contribution in [0.25, 0.3) is 22.2 Å². The van der Waals surface area contributed by atoms with Gasteiger partial charge in [0.1, 0.15) is 6.29 Å². The van der Waals surface area contributed by atoms with Crippen LogP contribution in [-0.4, -0.2) is 59.0 Å². The molecule has 2 heterocycles. The molecule has 0 fully saturated rings. The van der Waals surface area contributed by atoms with Crippen LogP contribution in [0.4, 0.5) is 17.2 Å². The molecule has 5 rings (SSSR count). The highest BCUT2D eigenvalue weighted by atomic mass is 16.1. The van der Waals surface area contributed by atoms with E-state index in [0.717, 1.165) is 65.0 Å². The van der Waals surface area contributed by atoms with Crippen molar-refractivity contribution in [2.45, 2.75) is 33.1 Å². The first-order valence-corrected chi connectivity index (χ1v) is 15.4. The van der Waals surface area contributed by atoms with Crippen molar-refractivity contribution in [3.63, 3.8) is 0 Å². The van der Waals surface area contributed by atoms with Crippen molar-refractivity contribution in [1.82, 2.24) is 19.0 Å². The van der Waals surface area contributed by atoms with Gasteiger partial charge in [0.05, 0.1) is 5.69 Å². The number of carbonyl (C=O) groups excluding carboxylic acids is 1. The minimum Gasteiger partial charge on any atom is -0.370 e. The van der Waals surface area contributed by atoms with Crippen LogP contribution in [0.3, 0.4) is 0 Å². The molecule has 0 aliphatic rings. The van der Waals surface area contributed by atoms with Gasteiger partial charge in [0.2, 0.25) is 0 Å². The maximum Gasteiger partial charge on any atom is 0.293 e. The van der Waals surface area contributed by atoms with Crippen LogP contribution in [0.5, 0.6) is 0 Å². The van der Waals surface area contributed by atoms with Gasteiger partial charge in [-0.3, -0.25) is 9.59 Å². The minimum atomic E-state index is -0.163. The monoisotopic (exact) mass is 606 g/mol. The standard InChI is InChI=1S/C26H32N6O.C11H14O/c1-6-32(16-15-29(2)3)20-10-7-9-19(17-20)27-25-26(33)31(5)18-23(28-25)21-11-8-12-24-22(21)13-14-30(24)4;1-11(2,3)10-6-4-9(8-12)5-7-10/h7-14,17-18H,6,15-16H2,1-5H3,(H,27,28);4-8H,1-3H3. The van der Waals surface area contributed by atoms with Gasteiger partial charge in [-0.2, -0.15) is 0 Å². The maximum absolute atomic E-state index is 12.9. The second-order valence-corrected chi connectivity index (χ2v) is 12.6. The Labute approximate surface area is 266 Å². The van der Waals surface area contributed by atoms with Gasteiger partial charge in [0.25, 0.3) is 5.56 Å². The number of benzene rings is 3. The summed E-state index contributed by atoms with van der Waals surface area (Å²) in [4.78, 5) is 32.5. The summed E-state index contributed by atoms with van der Waals surface area (Å²) in [7, 11) is 7.95. The summed E-state index contributed by atoms with van der Waals surface area (Å²) >= 11 is 0. The van der Waals surface area contributed by atoms with E-state index in [1.807, 2.05) is 61.8 Å². The second kappa shape index (κ2) is 14.4. The number of rotatable bonds is 9. The first-order valence-electron chi connectivity index (χ1n) is 15.4. The Hall–Kier alpha value is -4.69. The van der Waals surface area contributed by atoms with E-state index in [-0.39, 0.29) is 11.0 Å². The number of hydrogen-bond donors (Lipinski definition) is 1. The molecule has 0 amide bonds. The third kappa shape index (κ3) is 8.28. The van der Waals surface area contributed by atoms with Gasteiger partial charge in [-0.05, 0) is 62.3 Å². The average Bonchev–Trinajstić information content (AvgIpc) is 3.40. The lowest BCUT2D eigenvalue weighted by Gasteiger charge is -2.25. The molecule has 0 saturated heterocycles. The minimum absolute atomic E-state index is 0.163. The fourth-order valence-electron chi connectivity index (χ4n) is 5.11. The van der Waals surface area contributed by atoms with Gasteiger partial charge >= 0.3 is 0 Å². The molecule has 8 nitrogen and oxygen atoms in total. The van der Waals surface area contributed by atoms with E-state index in [0.29, 0.717) is 5.82 Å². The van der Waals surface area contributed by atoms with E-state index in [1.165, 1.54) is 5.56 Å². The zero-order valence-corrected chi connectivity index (χ0v) is 27.8. The van der Waals surface area contributed by atoms with E-state index in [2.05, 4.69) is 85.7 Å². The first kappa shape index (κ1) is 33.2. The van der Waals surface area contributed by atoms with Crippen molar-refractivity contribution in [2.24, 2.45) is 14.1 Å². The van der Waals surface area contributed by atoms with Crippen molar-refractivity contribution in [3.8, 4) is 11.3 Å². The Balaban J connectivity index is 0.000000323. The van der Waals surface area contributed by atoms with Gasteiger partial charge < -0.3 is 24.3 Å². The largest absolute Gasteiger partial charge is 0.370 e. The summed E-state index contributed by atoms with van der Waals surface area (Å²) in [5.41, 5.74) is 6.85. The zero-order valence-electron chi connectivity index (χ0n) is 27.8. The molecule has 45 heavy (non-hydrogen) atoms. The molecule has 236 valence electrons. The zero-order chi connectivity index (χ0) is 32.7. The molecule has 2 aromatic heterocycles. The predicted molar refractivity (Wildman–Crippen MR) is 188 cm³/mol. The van der Waals surface area contributed by atoms with E-state index in [4.69, 9.17) is 4.98 Å². The number of aromatic nitrogens is 3. The molecule has 0 radical (unpaired) electrons. The van der Waals surface area contributed by atoms with Gasteiger partial charge in [-0.1, -0.05) is 63.2 Å². The number of nitrogens with one attached hydrogen (secondary N) is 1. The Morgan fingerprint density at radius 2 is 1.62 bits per heavy atom. The molecule has 0 aliphatic carbocycles. The summed E-state index contributed by atoms with van der Waals surface area (Å²) in [6.07, 6.45) is 4.70. The lowest BCUT2D eigenvalue weighted by atomic mass is 9.87. The molecule has 8 heteroatoms. The number of likely N-dealkylation sites (N-methyl/N-ethyl adjacent to an activating group) is 2. The Bertz CT molecular complexity index is 1800. The molecule has 0 spiro atoms. The molecular formula is C37H46N6O2. The summed E-state index contributed by atoms with van der Waals surface area (Å²) in [5, 5.41) is 4.38. The molecule has 3 aromatic carbocycles. The van der Waals surface area contributed by atoms with Crippen LogP contribution in [-0.2, 0) is 19.5 Å². The average molecular weight is 607 g/mol. The number of hydrogen-bond acceptors (Lipinski definition) is 6. The summed E-state index contributed by atoms with van der Waals surface area (Å²) in [6.45, 7) is 11.4. The van der Waals surface area contributed by atoms with Crippen molar-refractivity contribution >= 4 is 34.4 Å².